The Balaban J connectivity index is 1.58. The van der Waals surface area contributed by atoms with Crippen molar-refractivity contribution in [1.82, 2.24) is 10.6 Å². The second-order valence-electron chi connectivity index (χ2n) is 6.01. The number of rotatable bonds is 7. The smallest absolute Gasteiger partial charge is 0.240 e. The van der Waals surface area contributed by atoms with Gasteiger partial charge in [-0.25, -0.2) is 0 Å². The van der Waals surface area contributed by atoms with Crippen molar-refractivity contribution in [3.63, 3.8) is 0 Å². The molecule has 0 aliphatic carbocycles. The fraction of sp³-hybridized carbons (Fsp3) is 0.250. The van der Waals surface area contributed by atoms with Gasteiger partial charge in [-0.1, -0.05) is 48.5 Å². The number of amides is 1. The number of carbonyl (C=O) groups is 1. The summed E-state index contributed by atoms with van der Waals surface area (Å²) < 4.78 is 5.72. The molecule has 0 saturated carbocycles. The molecule has 0 saturated heterocycles. The fourth-order valence-corrected chi connectivity index (χ4v) is 2.73. The summed E-state index contributed by atoms with van der Waals surface area (Å²) in [5, 5.41) is 16.5. The number of para-hydroxylation sites is 1. The van der Waals surface area contributed by atoms with Gasteiger partial charge >= 0.3 is 0 Å². The zero-order valence-electron chi connectivity index (χ0n) is 14.1. The van der Waals surface area contributed by atoms with Crippen LogP contribution in [0.25, 0.3) is 11.0 Å². The fourth-order valence-electron chi connectivity index (χ4n) is 2.73. The van der Waals surface area contributed by atoms with E-state index in [1.807, 2.05) is 67.6 Å². The second-order valence-corrected chi connectivity index (χ2v) is 6.01. The Hall–Kier alpha value is -2.63. The number of aliphatic hydroxyl groups is 1. The maximum absolute atomic E-state index is 12.4. The van der Waals surface area contributed by atoms with Crippen molar-refractivity contribution in [3.8, 4) is 0 Å². The van der Waals surface area contributed by atoms with Crippen LogP contribution >= 0.6 is 0 Å². The molecular weight excluding hydrogens is 316 g/mol. The monoisotopic (exact) mass is 338 g/mol. The Labute approximate surface area is 146 Å². The highest BCUT2D eigenvalue weighted by Gasteiger charge is 2.19. The molecule has 5 heteroatoms. The summed E-state index contributed by atoms with van der Waals surface area (Å²) in [5.41, 5.74) is 1.83. The summed E-state index contributed by atoms with van der Waals surface area (Å²) in [4.78, 5) is 12.4. The van der Waals surface area contributed by atoms with E-state index in [0.29, 0.717) is 6.54 Å². The van der Waals surface area contributed by atoms with Gasteiger partial charge in [0.15, 0.2) is 0 Å². The van der Waals surface area contributed by atoms with Crippen LogP contribution in [0.1, 0.15) is 24.3 Å². The first kappa shape index (κ1) is 17.2. The number of nitrogens with one attached hydrogen (secondary N) is 2. The van der Waals surface area contributed by atoms with E-state index >= 15 is 0 Å². The molecule has 0 fully saturated rings. The van der Waals surface area contributed by atoms with E-state index in [4.69, 9.17) is 4.42 Å². The highest BCUT2D eigenvalue weighted by Crippen LogP contribution is 2.18. The van der Waals surface area contributed by atoms with Gasteiger partial charge in [-0.3, -0.25) is 10.1 Å². The van der Waals surface area contributed by atoms with Gasteiger partial charge in [-0.05, 0) is 24.6 Å². The molecule has 5 nitrogen and oxygen atoms in total. The normalized spacial score (nSPS) is 13.5. The number of fused-ring (bicyclic) bond motifs is 1. The number of benzene rings is 2. The lowest BCUT2D eigenvalue weighted by Crippen LogP contribution is -2.46. The third-order valence-corrected chi connectivity index (χ3v) is 4.16. The zero-order chi connectivity index (χ0) is 17.6. The van der Waals surface area contributed by atoms with Crippen molar-refractivity contribution in [3.05, 3.63) is 72.0 Å². The van der Waals surface area contributed by atoms with E-state index in [-0.39, 0.29) is 18.6 Å². The molecule has 1 heterocycles. The van der Waals surface area contributed by atoms with E-state index in [0.717, 1.165) is 22.3 Å². The van der Waals surface area contributed by atoms with E-state index in [9.17, 15) is 9.90 Å². The van der Waals surface area contributed by atoms with Crippen molar-refractivity contribution in [1.29, 1.82) is 0 Å². The predicted molar refractivity (Wildman–Crippen MR) is 96.9 cm³/mol. The van der Waals surface area contributed by atoms with E-state index < -0.39 is 6.04 Å². The maximum Gasteiger partial charge on any atom is 0.240 e. The molecule has 2 atom stereocenters. The summed E-state index contributed by atoms with van der Waals surface area (Å²) in [6, 6.07) is 18.6. The van der Waals surface area contributed by atoms with Gasteiger partial charge in [0, 0.05) is 5.39 Å². The summed E-state index contributed by atoms with van der Waals surface area (Å²) >= 11 is 0. The first-order valence-electron chi connectivity index (χ1n) is 8.34. The molecule has 3 rings (SSSR count). The van der Waals surface area contributed by atoms with Crippen LogP contribution in [0.2, 0.25) is 0 Å². The Bertz CT molecular complexity index is 796. The van der Waals surface area contributed by atoms with Crippen LogP contribution in [0.15, 0.2) is 65.1 Å². The zero-order valence-corrected chi connectivity index (χ0v) is 14.1. The van der Waals surface area contributed by atoms with Crippen LogP contribution in [0.4, 0.5) is 0 Å². The van der Waals surface area contributed by atoms with Crippen LogP contribution in [-0.2, 0) is 11.3 Å². The van der Waals surface area contributed by atoms with Crippen molar-refractivity contribution < 1.29 is 14.3 Å². The summed E-state index contributed by atoms with van der Waals surface area (Å²) in [6.07, 6.45) is 0. The van der Waals surface area contributed by atoms with Gasteiger partial charge in [0.2, 0.25) is 5.91 Å². The van der Waals surface area contributed by atoms with E-state index in [2.05, 4.69) is 10.6 Å². The Kier molecular flexibility index (Phi) is 5.48. The second kappa shape index (κ2) is 7.96. The molecule has 3 N–H and O–H groups in total. The average molecular weight is 338 g/mol. The minimum Gasteiger partial charge on any atom is -0.460 e. The Morgan fingerprint density at radius 1 is 1.12 bits per heavy atom. The molecule has 1 unspecified atom stereocenters. The van der Waals surface area contributed by atoms with Crippen LogP contribution in [-0.4, -0.2) is 23.7 Å². The van der Waals surface area contributed by atoms with Crippen molar-refractivity contribution in [2.45, 2.75) is 25.6 Å². The summed E-state index contributed by atoms with van der Waals surface area (Å²) in [7, 11) is 0. The molecule has 1 amide bonds. The van der Waals surface area contributed by atoms with E-state index in [1.165, 1.54) is 0 Å². The number of carbonyl (C=O) groups excluding carboxylic acids is 1. The third-order valence-electron chi connectivity index (χ3n) is 4.16. The molecule has 25 heavy (non-hydrogen) atoms. The van der Waals surface area contributed by atoms with Crippen LogP contribution < -0.4 is 10.6 Å². The van der Waals surface area contributed by atoms with Gasteiger partial charge in [-0.15, -0.1) is 0 Å². The Morgan fingerprint density at radius 2 is 1.84 bits per heavy atom. The minimum atomic E-state index is -0.695. The van der Waals surface area contributed by atoms with Crippen molar-refractivity contribution in [2.24, 2.45) is 0 Å². The highest BCUT2D eigenvalue weighted by atomic mass is 16.3. The molecule has 0 aliphatic rings. The highest BCUT2D eigenvalue weighted by molar-refractivity contribution is 5.82. The number of furan rings is 1. The first-order valence-corrected chi connectivity index (χ1v) is 8.34. The third kappa shape index (κ3) is 4.26. The van der Waals surface area contributed by atoms with Crippen LogP contribution in [0, 0.1) is 0 Å². The van der Waals surface area contributed by atoms with Gasteiger partial charge in [0.1, 0.15) is 17.4 Å². The summed E-state index contributed by atoms with van der Waals surface area (Å²) in [6.45, 7) is 2.00. The lowest BCUT2D eigenvalue weighted by Gasteiger charge is -2.19. The van der Waals surface area contributed by atoms with Crippen LogP contribution in [0.5, 0.6) is 0 Å². The van der Waals surface area contributed by atoms with Crippen LogP contribution in [0.3, 0.4) is 0 Å². The molecular formula is C20H22N2O3. The SMILES string of the molecule is CC(NC(=O)[C@H](CO)NCc1cc2ccccc2o1)c1ccccc1. The number of hydrogen-bond acceptors (Lipinski definition) is 4. The Morgan fingerprint density at radius 3 is 2.56 bits per heavy atom. The lowest BCUT2D eigenvalue weighted by atomic mass is 10.1. The van der Waals surface area contributed by atoms with Gasteiger partial charge in [-0.2, -0.15) is 0 Å². The average Bonchev–Trinajstić information content (AvgIpc) is 3.05. The van der Waals surface area contributed by atoms with E-state index in [1.54, 1.807) is 0 Å². The minimum absolute atomic E-state index is 0.129. The van der Waals surface area contributed by atoms with Crippen molar-refractivity contribution >= 4 is 16.9 Å². The maximum atomic E-state index is 12.4. The topological polar surface area (TPSA) is 74.5 Å². The molecule has 1 aromatic heterocycles. The number of hydrogen-bond donors (Lipinski definition) is 3. The predicted octanol–water partition coefficient (Wildman–Crippen LogP) is 2.76. The molecule has 0 bridgehead atoms. The van der Waals surface area contributed by atoms with Gasteiger partial charge in [0.25, 0.3) is 0 Å². The van der Waals surface area contributed by atoms with Gasteiger partial charge < -0.3 is 14.8 Å². The first-order chi connectivity index (χ1) is 12.2. The molecule has 2 aromatic carbocycles. The quantitative estimate of drug-likeness (QED) is 0.619. The standard InChI is InChI=1S/C20H22N2O3/c1-14(15-7-3-2-4-8-15)22-20(24)18(13-23)21-12-17-11-16-9-5-6-10-19(16)25-17/h2-11,14,18,21,23H,12-13H2,1H3,(H,22,24)/t14?,18-/m0/s1. The summed E-state index contributed by atoms with van der Waals surface area (Å²) in [5.74, 6) is 0.485. The molecule has 3 aromatic rings. The van der Waals surface area contributed by atoms with Crippen molar-refractivity contribution in [2.75, 3.05) is 6.61 Å². The molecule has 130 valence electrons. The molecule has 0 aliphatic heterocycles. The number of aliphatic hydroxyl groups excluding tert-OH is 1. The molecule has 0 spiro atoms. The lowest BCUT2D eigenvalue weighted by molar-refractivity contribution is -0.124. The molecule has 0 radical (unpaired) electrons. The van der Waals surface area contributed by atoms with Gasteiger partial charge in [0.05, 0.1) is 19.2 Å². The largest absolute Gasteiger partial charge is 0.460 e.